The number of ether oxygens (including phenoxy) is 2. The lowest BCUT2D eigenvalue weighted by molar-refractivity contribution is -0.116. The van der Waals surface area contributed by atoms with Crippen molar-refractivity contribution in [1.82, 2.24) is 20.1 Å². The molecule has 0 radical (unpaired) electrons. The highest BCUT2D eigenvalue weighted by atomic mass is 16.7. The van der Waals surface area contributed by atoms with E-state index in [2.05, 4.69) is 25.4 Å². The number of azide groups is 1. The number of hydrogen-bond donors (Lipinski definition) is 1. The van der Waals surface area contributed by atoms with Gasteiger partial charge in [-0.15, -0.1) is 0 Å². The van der Waals surface area contributed by atoms with Crippen LogP contribution in [0.4, 0.5) is 0 Å². The second-order valence-electron chi connectivity index (χ2n) is 6.34. The van der Waals surface area contributed by atoms with Crippen molar-refractivity contribution in [3.8, 4) is 22.6 Å². The topological polar surface area (TPSA) is 127 Å². The zero-order valence-corrected chi connectivity index (χ0v) is 15.8. The molecule has 0 aliphatic carbocycles. The van der Waals surface area contributed by atoms with Gasteiger partial charge in [0.2, 0.25) is 12.7 Å². The molecule has 3 heterocycles. The highest BCUT2D eigenvalue weighted by Crippen LogP contribution is 2.32. The Balaban J connectivity index is 1.42. The summed E-state index contributed by atoms with van der Waals surface area (Å²) in [5, 5.41) is 10.5. The number of carbonyl (C=O) groups is 1. The van der Waals surface area contributed by atoms with E-state index in [0.717, 1.165) is 22.3 Å². The van der Waals surface area contributed by atoms with E-state index in [-0.39, 0.29) is 19.4 Å². The Morgan fingerprint density at radius 3 is 3.10 bits per heavy atom. The van der Waals surface area contributed by atoms with E-state index in [0.29, 0.717) is 18.0 Å². The van der Waals surface area contributed by atoms with Crippen LogP contribution in [0.1, 0.15) is 11.1 Å². The minimum absolute atomic E-state index is 0.106. The van der Waals surface area contributed by atoms with E-state index >= 15 is 0 Å². The minimum Gasteiger partial charge on any atom is -0.454 e. The van der Waals surface area contributed by atoms with Gasteiger partial charge in [0.25, 0.3) is 0 Å². The first-order valence-corrected chi connectivity index (χ1v) is 9.05. The largest absolute Gasteiger partial charge is 0.454 e. The van der Waals surface area contributed by atoms with Crippen molar-refractivity contribution in [3.05, 3.63) is 76.7 Å². The van der Waals surface area contributed by atoms with Gasteiger partial charge < -0.3 is 14.8 Å². The summed E-state index contributed by atoms with van der Waals surface area (Å²) in [6, 6.07) is 7.38. The number of benzene rings is 1. The first-order valence-electron chi connectivity index (χ1n) is 9.05. The zero-order valence-electron chi connectivity index (χ0n) is 15.8. The fourth-order valence-electron chi connectivity index (χ4n) is 2.94. The Hall–Kier alpha value is -4.30. The SMILES string of the molecule is [N-]=[N+]=NCn1cc(-c2ccncc2/C=C/C(=O)NCc2ccc3c(c2)OCO3)cn1. The molecule has 0 unspecified atom stereocenters. The maximum Gasteiger partial charge on any atom is 0.244 e. The van der Waals surface area contributed by atoms with Crippen LogP contribution < -0.4 is 14.8 Å². The Morgan fingerprint density at radius 2 is 2.20 bits per heavy atom. The molecule has 10 nitrogen and oxygen atoms in total. The van der Waals surface area contributed by atoms with Crippen LogP contribution in [0, 0.1) is 0 Å². The van der Waals surface area contributed by atoms with Crippen molar-refractivity contribution >= 4 is 12.0 Å². The number of nitrogens with one attached hydrogen (secondary N) is 1. The van der Waals surface area contributed by atoms with Gasteiger partial charge >= 0.3 is 0 Å². The van der Waals surface area contributed by atoms with Crippen LogP contribution in [0.15, 0.2) is 60.2 Å². The third kappa shape index (κ3) is 4.40. The smallest absolute Gasteiger partial charge is 0.244 e. The molecule has 30 heavy (non-hydrogen) atoms. The van der Waals surface area contributed by atoms with Crippen LogP contribution >= 0.6 is 0 Å². The average Bonchev–Trinajstić information content (AvgIpc) is 3.44. The molecule has 1 aliphatic heterocycles. The first kappa shape index (κ1) is 19.0. The first-order chi connectivity index (χ1) is 14.7. The van der Waals surface area contributed by atoms with Gasteiger partial charge in [-0.1, -0.05) is 11.2 Å². The monoisotopic (exact) mass is 403 g/mol. The molecule has 0 fully saturated rings. The summed E-state index contributed by atoms with van der Waals surface area (Å²) in [4.78, 5) is 19.1. The molecule has 0 saturated heterocycles. The number of pyridine rings is 1. The lowest BCUT2D eigenvalue weighted by Gasteiger charge is -2.05. The second-order valence-corrected chi connectivity index (χ2v) is 6.34. The van der Waals surface area contributed by atoms with Crippen molar-refractivity contribution in [3.63, 3.8) is 0 Å². The van der Waals surface area contributed by atoms with E-state index in [1.54, 1.807) is 30.9 Å². The number of hydrogen-bond acceptors (Lipinski definition) is 6. The number of aromatic nitrogens is 3. The number of carbonyl (C=O) groups excluding carboxylic acids is 1. The summed E-state index contributed by atoms with van der Waals surface area (Å²) < 4.78 is 12.2. The molecule has 3 aromatic rings. The number of fused-ring (bicyclic) bond motifs is 1. The van der Waals surface area contributed by atoms with Gasteiger partial charge in [0.15, 0.2) is 11.5 Å². The summed E-state index contributed by atoms with van der Waals surface area (Å²) in [6.07, 6.45) is 9.92. The highest BCUT2D eigenvalue weighted by molar-refractivity contribution is 5.93. The summed E-state index contributed by atoms with van der Waals surface area (Å²) in [5.41, 5.74) is 11.8. The molecule has 150 valence electrons. The van der Waals surface area contributed by atoms with E-state index in [4.69, 9.17) is 15.0 Å². The summed E-state index contributed by atoms with van der Waals surface area (Å²) in [6.45, 7) is 0.687. The van der Waals surface area contributed by atoms with Gasteiger partial charge in [-0.3, -0.25) is 14.5 Å². The summed E-state index contributed by atoms with van der Waals surface area (Å²) >= 11 is 0. The molecule has 1 aliphatic rings. The molecule has 0 spiro atoms. The van der Waals surface area contributed by atoms with Crippen LogP contribution in [0.3, 0.4) is 0 Å². The number of amides is 1. The van der Waals surface area contributed by atoms with Crippen LogP contribution in [0.2, 0.25) is 0 Å². The van der Waals surface area contributed by atoms with Gasteiger partial charge in [-0.25, -0.2) is 0 Å². The number of rotatable bonds is 7. The fourth-order valence-corrected chi connectivity index (χ4v) is 2.94. The lowest BCUT2D eigenvalue weighted by atomic mass is 10.0. The molecule has 10 heteroatoms. The Labute approximate surface area is 171 Å². The second kappa shape index (κ2) is 8.80. The van der Waals surface area contributed by atoms with Crippen molar-refractivity contribution in [2.24, 2.45) is 5.11 Å². The van der Waals surface area contributed by atoms with Gasteiger partial charge in [-0.2, -0.15) is 5.10 Å². The molecule has 0 saturated carbocycles. The molecule has 0 atom stereocenters. The maximum atomic E-state index is 12.3. The van der Waals surface area contributed by atoms with Gasteiger partial charge in [0, 0.05) is 47.2 Å². The van der Waals surface area contributed by atoms with Crippen LogP contribution in [-0.2, 0) is 18.0 Å². The predicted octanol–water partition coefficient (Wildman–Crippen LogP) is 3.27. The Kier molecular flexibility index (Phi) is 5.59. The van der Waals surface area contributed by atoms with E-state index in [1.165, 1.54) is 10.8 Å². The molecule has 1 aromatic carbocycles. The van der Waals surface area contributed by atoms with Crippen molar-refractivity contribution in [2.75, 3.05) is 6.79 Å². The van der Waals surface area contributed by atoms with Crippen molar-refractivity contribution < 1.29 is 14.3 Å². The van der Waals surface area contributed by atoms with Crippen LogP contribution in [-0.4, -0.2) is 27.5 Å². The van der Waals surface area contributed by atoms with Gasteiger partial charge in [-0.05, 0) is 40.9 Å². The quantitative estimate of drug-likeness (QED) is 0.280. The molecular formula is C20H17N7O3. The zero-order chi connectivity index (χ0) is 20.8. The Morgan fingerprint density at radius 1 is 1.30 bits per heavy atom. The normalized spacial score (nSPS) is 12.0. The highest BCUT2D eigenvalue weighted by Gasteiger charge is 2.13. The van der Waals surface area contributed by atoms with E-state index in [9.17, 15) is 4.79 Å². The summed E-state index contributed by atoms with van der Waals surface area (Å²) in [5.74, 6) is 1.15. The molecular weight excluding hydrogens is 386 g/mol. The van der Waals surface area contributed by atoms with Crippen LogP contribution in [0.5, 0.6) is 11.5 Å². The molecule has 1 N–H and O–H groups in total. The van der Waals surface area contributed by atoms with E-state index < -0.39 is 0 Å². The standard InChI is InChI=1S/C20H17N7O3/c21-26-24-12-27-11-16(10-25-27)17-5-6-22-9-15(17)2-4-20(28)23-8-14-1-3-18-19(7-14)30-13-29-18/h1-7,9-11H,8,12-13H2,(H,23,28)/b4-2+. The van der Waals surface area contributed by atoms with Crippen molar-refractivity contribution in [2.45, 2.75) is 13.2 Å². The van der Waals surface area contributed by atoms with E-state index in [1.807, 2.05) is 24.3 Å². The Bertz CT molecular complexity index is 1150. The predicted molar refractivity (Wildman–Crippen MR) is 108 cm³/mol. The summed E-state index contributed by atoms with van der Waals surface area (Å²) in [7, 11) is 0. The molecule has 1 amide bonds. The minimum atomic E-state index is -0.235. The fraction of sp³-hybridized carbons (Fsp3) is 0.150. The molecule has 2 aromatic heterocycles. The third-order valence-corrected chi connectivity index (χ3v) is 4.39. The van der Waals surface area contributed by atoms with Gasteiger partial charge in [0.1, 0.15) is 6.67 Å². The maximum absolute atomic E-state index is 12.3. The number of nitrogens with zero attached hydrogens (tertiary/aromatic N) is 6. The molecule has 0 bridgehead atoms. The third-order valence-electron chi connectivity index (χ3n) is 4.39. The lowest BCUT2D eigenvalue weighted by Crippen LogP contribution is -2.20. The van der Waals surface area contributed by atoms with Crippen LogP contribution in [0.25, 0.3) is 27.6 Å². The average molecular weight is 403 g/mol. The molecule has 4 rings (SSSR count). The van der Waals surface area contributed by atoms with Gasteiger partial charge in [0.05, 0.1) is 6.20 Å². The van der Waals surface area contributed by atoms with Crippen molar-refractivity contribution in [1.29, 1.82) is 0 Å².